The Morgan fingerprint density at radius 3 is 2.40 bits per heavy atom. The molecule has 2 aromatic rings. The van der Waals surface area contributed by atoms with Gasteiger partial charge in [0, 0.05) is 23.4 Å². The number of nitrogens with zero attached hydrogens (tertiary/aromatic N) is 2. The van der Waals surface area contributed by atoms with E-state index in [0.717, 1.165) is 42.5 Å². The van der Waals surface area contributed by atoms with Gasteiger partial charge in [0.15, 0.2) is 0 Å². The van der Waals surface area contributed by atoms with Crippen molar-refractivity contribution < 1.29 is 9.59 Å². The molecule has 1 aromatic carbocycles. The molecule has 1 aromatic heterocycles. The summed E-state index contributed by atoms with van der Waals surface area (Å²) >= 11 is 1.66. The number of amides is 2. The number of hydrogen-bond donors (Lipinski definition) is 0. The van der Waals surface area contributed by atoms with Crippen molar-refractivity contribution in [2.24, 2.45) is 5.92 Å². The second kappa shape index (κ2) is 11.3. The van der Waals surface area contributed by atoms with Gasteiger partial charge in [0.2, 0.25) is 11.8 Å². The first-order valence-electron chi connectivity index (χ1n) is 11.2. The van der Waals surface area contributed by atoms with E-state index in [2.05, 4.69) is 19.9 Å². The predicted octanol–water partition coefficient (Wildman–Crippen LogP) is 5.48. The average Bonchev–Trinajstić information content (AvgIpc) is 3.30. The first-order valence-corrected chi connectivity index (χ1v) is 12.1. The van der Waals surface area contributed by atoms with Gasteiger partial charge in [0.1, 0.15) is 6.54 Å². The summed E-state index contributed by atoms with van der Waals surface area (Å²) < 4.78 is 0. The lowest BCUT2D eigenvalue weighted by Crippen LogP contribution is -2.48. The van der Waals surface area contributed by atoms with Gasteiger partial charge in [-0.1, -0.05) is 62.6 Å². The highest BCUT2D eigenvalue weighted by atomic mass is 32.1. The summed E-state index contributed by atoms with van der Waals surface area (Å²) in [5.41, 5.74) is 1.11. The summed E-state index contributed by atoms with van der Waals surface area (Å²) in [7, 11) is 0. The number of thiophene rings is 1. The molecule has 30 heavy (non-hydrogen) atoms. The van der Waals surface area contributed by atoms with E-state index in [9.17, 15) is 9.59 Å². The molecule has 0 spiro atoms. The summed E-state index contributed by atoms with van der Waals surface area (Å²) in [5.74, 6) is 0.283. The van der Waals surface area contributed by atoms with Crippen LogP contribution >= 0.6 is 11.3 Å². The Morgan fingerprint density at radius 1 is 1.03 bits per heavy atom. The van der Waals surface area contributed by atoms with Crippen molar-refractivity contribution in [2.45, 2.75) is 71.5 Å². The van der Waals surface area contributed by atoms with Gasteiger partial charge in [0.05, 0.1) is 6.54 Å². The van der Waals surface area contributed by atoms with Gasteiger partial charge in [-0.25, -0.2) is 0 Å². The maximum absolute atomic E-state index is 13.4. The van der Waals surface area contributed by atoms with Crippen LogP contribution in [0.15, 0.2) is 47.8 Å². The number of carbonyl (C=O) groups excluding carboxylic acids is 2. The molecule has 5 heteroatoms. The van der Waals surface area contributed by atoms with Crippen molar-refractivity contribution in [1.82, 2.24) is 9.80 Å². The quantitative estimate of drug-likeness (QED) is 0.532. The van der Waals surface area contributed by atoms with Crippen molar-refractivity contribution in [3.63, 3.8) is 0 Å². The van der Waals surface area contributed by atoms with Crippen molar-refractivity contribution in [3.8, 4) is 0 Å². The summed E-state index contributed by atoms with van der Waals surface area (Å²) in [4.78, 5) is 31.6. The summed E-state index contributed by atoms with van der Waals surface area (Å²) in [6.45, 7) is 5.46. The highest BCUT2D eigenvalue weighted by molar-refractivity contribution is 7.09. The van der Waals surface area contributed by atoms with Gasteiger partial charge < -0.3 is 9.80 Å². The Balaban J connectivity index is 1.75. The molecule has 0 bridgehead atoms. The molecule has 2 amide bonds. The number of hydrogen-bond acceptors (Lipinski definition) is 3. The minimum absolute atomic E-state index is 0.0247. The van der Waals surface area contributed by atoms with Gasteiger partial charge in [-0.05, 0) is 43.2 Å². The normalized spacial score (nSPS) is 15.5. The molecule has 0 N–H and O–H groups in total. The molecule has 1 aliphatic carbocycles. The van der Waals surface area contributed by atoms with E-state index in [1.807, 2.05) is 51.6 Å². The molecule has 0 aliphatic heterocycles. The Bertz CT molecular complexity index is 785. The van der Waals surface area contributed by atoms with Gasteiger partial charge in [-0.3, -0.25) is 9.59 Å². The monoisotopic (exact) mass is 426 g/mol. The highest BCUT2D eigenvalue weighted by Crippen LogP contribution is 2.27. The third-order valence-electron chi connectivity index (χ3n) is 6.16. The summed E-state index contributed by atoms with van der Waals surface area (Å²) in [5, 5.41) is 2.04. The van der Waals surface area contributed by atoms with E-state index >= 15 is 0 Å². The minimum Gasteiger partial charge on any atom is -0.332 e. The van der Waals surface area contributed by atoms with Crippen molar-refractivity contribution in [2.75, 3.05) is 6.54 Å². The Labute approximate surface area is 184 Å². The molecule has 1 saturated carbocycles. The Hall–Kier alpha value is -2.14. The first-order chi connectivity index (χ1) is 14.6. The van der Waals surface area contributed by atoms with Crippen LogP contribution in [0.5, 0.6) is 0 Å². The maximum Gasteiger partial charge on any atom is 0.242 e. The fraction of sp³-hybridized carbons (Fsp3) is 0.520. The number of rotatable bonds is 9. The van der Waals surface area contributed by atoms with Gasteiger partial charge in [-0.15, -0.1) is 11.3 Å². The zero-order valence-corrected chi connectivity index (χ0v) is 19.1. The van der Waals surface area contributed by atoms with Gasteiger partial charge in [-0.2, -0.15) is 0 Å². The summed E-state index contributed by atoms with van der Waals surface area (Å²) in [6.07, 6.45) is 6.24. The van der Waals surface area contributed by atoms with E-state index in [4.69, 9.17) is 0 Å². The lowest BCUT2D eigenvalue weighted by Gasteiger charge is -2.34. The van der Waals surface area contributed by atoms with Crippen LogP contribution in [0.25, 0.3) is 0 Å². The van der Waals surface area contributed by atoms with E-state index < -0.39 is 0 Å². The van der Waals surface area contributed by atoms with Crippen LogP contribution in [-0.4, -0.2) is 34.2 Å². The average molecular weight is 427 g/mol. The summed E-state index contributed by atoms with van der Waals surface area (Å²) in [6, 6.07) is 14.2. The molecule has 1 aliphatic rings. The van der Waals surface area contributed by atoms with E-state index in [1.165, 1.54) is 6.42 Å². The molecule has 162 valence electrons. The van der Waals surface area contributed by atoms with E-state index in [0.29, 0.717) is 13.1 Å². The zero-order valence-electron chi connectivity index (χ0n) is 18.3. The number of benzene rings is 1. The van der Waals surface area contributed by atoms with Crippen LogP contribution in [0.2, 0.25) is 0 Å². The third-order valence-corrected chi connectivity index (χ3v) is 7.02. The number of carbonyl (C=O) groups is 2. The Kier molecular flexibility index (Phi) is 8.50. The fourth-order valence-electron chi connectivity index (χ4n) is 4.13. The molecule has 4 nitrogen and oxygen atoms in total. The van der Waals surface area contributed by atoms with Crippen LogP contribution in [0.1, 0.15) is 62.8 Å². The predicted molar refractivity (Wildman–Crippen MR) is 123 cm³/mol. The second-order valence-corrected chi connectivity index (χ2v) is 9.41. The van der Waals surface area contributed by atoms with Crippen LogP contribution in [0, 0.1) is 5.92 Å². The molecule has 3 rings (SSSR count). The highest BCUT2D eigenvalue weighted by Gasteiger charge is 2.31. The minimum atomic E-state index is 0.0247. The molecular weight excluding hydrogens is 392 g/mol. The van der Waals surface area contributed by atoms with Crippen molar-refractivity contribution >= 4 is 23.2 Å². The molecule has 0 radical (unpaired) electrons. The molecular formula is C25H34N2O2S. The lowest BCUT2D eigenvalue weighted by molar-refractivity contribution is -0.146. The standard InChI is InChI=1S/C25H34N2O2S/c1-3-20(2)27(25(29)22-13-8-5-9-14-22)19-24(28)26(18-23-15-10-16-30-23)17-21-11-6-4-7-12-21/h4,6-7,10-12,15-16,20,22H,3,5,8-9,13-14,17-19H2,1-2H3/t20-/m1/s1. The molecule has 1 heterocycles. The molecule has 1 fully saturated rings. The Morgan fingerprint density at radius 2 is 1.77 bits per heavy atom. The van der Waals surface area contributed by atoms with Crippen LogP contribution < -0.4 is 0 Å². The smallest absolute Gasteiger partial charge is 0.242 e. The third kappa shape index (κ3) is 6.18. The largest absolute Gasteiger partial charge is 0.332 e. The van der Waals surface area contributed by atoms with Crippen LogP contribution in [0.4, 0.5) is 0 Å². The van der Waals surface area contributed by atoms with Gasteiger partial charge >= 0.3 is 0 Å². The fourth-order valence-corrected chi connectivity index (χ4v) is 4.85. The van der Waals surface area contributed by atoms with E-state index in [-0.39, 0.29) is 30.3 Å². The van der Waals surface area contributed by atoms with Crippen LogP contribution in [-0.2, 0) is 22.7 Å². The lowest BCUT2D eigenvalue weighted by atomic mass is 9.88. The molecule has 1 atom stereocenters. The van der Waals surface area contributed by atoms with Crippen molar-refractivity contribution in [3.05, 3.63) is 58.3 Å². The topological polar surface area (TPSA) is 40.6 Å². The van der Waals surface area contributed by atoms with Crippen LogP contribution in [0.3, 0.4) is 0 Å². The van der Waals surface area contributed by atoms with Crippen molar-refractivity contribution in [1.29, 1.82) is 0 Å². The SMILES string of the molecule is CC[C@@H](C)N(CC(=O)N(Cc1ccccc1)Cc1cccs1)C(=O)C1CCCCC1. The van der Waals surface area contributed by atoms with E-state index in [1.54, 1.807) is 11.3 Å². The maximum atomic E-state index is 13.4. The molecule has 0 unspecified atom stereocenters. The van der Waals surface area contributed by atoms with Gasteiger partial charge in [0.25, 0.3) is 0 Å². The first kappa shape index (κ1) is 22.5. The second-order valence-electron chi connectivity index (χ2n) is 8.37. The zero-order chi connectivity index (χ0) is 21.3. The molecule has 0 saturated heterocycles.